The van der Waals surface area contributed by atoms with E-state index in [-0.39, 0.29) is 6.04 Å². The molecule has 1 unspecified atom stereocenters. The first-order valence-electron chi connectivity index (χ1n) is 6.34. The third-order valence-electron chi connectivity index (χ3n) is 2.89. The van der Waals surface area contributed by atoms with Crippen molar-refractivity contribution in [1.29, 1.82) is 0 Å². The molecule has 0 bridgehead atoms. The predicted octanol–water partition coefficient (Wildman–Crippen LogP) is 4.33. The molecule has 0 amide bonds. The molecule has 3 nitrogen and oxygen atoms in total. The maximum atomic E-state index is 5.51. The van der Waals surface area contributed by atoms with Crippen molar-refractivity contribution in [3.05, 3.63) is 40.6 Å². The van der Waals surface area contributed by atoms with E-state index in [1.165, 1.54) is 5.56 Å². The average Bonchev–Trinajstić information content (AvgIpc) is 2.94. The van der Waals surface area contributed by atoms with Crippen LogP contribution in [-0.2, 0) is 0 Å². The summed E-state index contributed by atoms with van der Waals surface area (Å²) in [4.78, 5) is 0. The minimum Gasteiger partial charge on any atom is -0.493 e. The van der Waals surface area contributed by atoms with Crippen LogP contribution in [0.4, 0.5) is 5.69 Å². The Bertz CT molecular complexity index is 511. The van der Waals surface area contributed by atoms with Gasteiger partial charge >= 0.3 is 0 Å². The maximum Gasteiger partial charge on any atom is 0.162 e. The van der Waals surface area contributed by atoms with Crippen LogP contribution < -0.4 is 14.8 Å². The summed E-state index contributed by atoms with van der Waals surface area (Å²) in [5.74, 6) is 1.53. The van der Waals surface area contributed by atoms with Crippen LogP contribution in [0, 0.1) is 0 Å². The Kier molecular flexibility index (Phi) is 4.68. The second-order valence-corrected chi connectivity index (χ2v) is 5.00. The monoisotopic (exact) mass is 277 g/mol. The SMILES string of the molecule is CCOc1ccc(NC(C)c2ccsc2)cc1OC. The highest BCUT2D eigenvalue weighted by Gasteiger charge is 2.09. The number of benzene rings is 1. The quantitative estimate of drug-likeness (QED) is 0.852. The number of nitrogens with one attached hydrogen (secondary N) is 1. The van der Waals surface area contributed by atoms with E-state index >= 15 is 0 Å². The lowest BCUT2D eigenvalue weighted by molar-refractivity contribution is 0.311. The highest BCUT2D eigenvalue weighted by molar-refractivity contribution is 7.07. The molecule has 2 rings (SSSR count). The molecule has 1 aromatic heterocycles. The fourth-order valence-electron chi connectivity index (χ4n) is 1.89. The van der Waals surface area contributed by atoms with Crippen molar-refractivity contribution in [3.63, 3.8) is 0 Å². The number of anilines is 1. The maximum absolute atomic E-state index is 5.51. The molecule has 1 atom stereocenters. The van der Waals surface area contributed by atoms with Gasteiger partial charge in [-0.25, -0.2) is 0 Å². The third kappa shape index (κ3) is 3.41. The van der Waals surface area contributed by atoms with Crippen LogP contribution in [0.25, 0.3) is 0 Å². The van der Waals surface area contributed by atoms with Gasteiger partial charge in [0.05, 0.1) is 13.7 Å². The Labute approximate surface area is 118 Å². The van der Waals surface area contributed by atoms with Gasteiger partial charge < -0.3 is 14.8 Å². The van der Waals surface area contributed by atoms with Gasteiger partial charge in [-0.15, -0.1) is 0 Å². The molecule has 19 heavy (non-hydrogen) atoms. The molecule has 0 saturated heterocycles. The Hall–Kier alpha value is -1.68. The van der Waals surface area contributed by atoms with Gasteiger partial charge in [0.1, 0.15) is 0 Å². The Balaban J connectivity index is 2.12. The molecule has 1 heterocycles. The number of hydrogen-bond acceptors (Lipinski definition) is 4. The molecular weight excluding hydrogens is 258 g/mol. The van der Waals surface area contributed by atoms with E-state index in [0.717, 1.165) is 17.2 Å². The van der Waals surface area contributed by atoms with Gasteiger partial charge in [0.15, 0.2) is 11.5 Å². The van der Waals surface area contributed by atoms with Crippen molar-refractivity contribution in [2.45, 2.75) is 19.9 Å². The number of methoxy groups -OCH3 is 1. The van der Waals surface area contributed by atoms with Crippen molar-refractivity contribution in [1.82, 2.24) is 0 Å². The molecule has 0 saturated carbocycles. The fourth-order valence-corrected chi connectivity index (χ4v) is 2.64. The normalized spacial score (nSPS) is 11.9. The molecule has 0 aliphatic heterocycles. The zero-order valence-electron chi connectivity index (χ0n) is 11.5. The van der Waals surface area contributed by atoms with Gasteiger partial charge in [-0.2, -0.15) is 11.3 Å². The smallest absolute Gasteiger partial charge is 0.162 e. The molecular formula is C15H19NO2S. The second kappa shape index (κ2) is 6.48. The Morgan fingerprint density at radius 1 is 1.26 bits per heavy atom. The third-order valence-corrected chi connectivity index (χ3v) is 3.59. The highest BCUT2D eigenvalue weighted by atomic mass is 32.1. The predicted molar refractivity (Wildman–Crippen MR) is 80.5 cm³/mol. The summed E-state index contributed by atoms with van der Waals surface area (Å²) in [7, 11) is 1.66. The lowest BCUT2D eigenvalue weighted by Gasteiger charge is -2.16. The van der Waals surface area contributed by atoms with E-state index in [1.807, 2.05) is 25.1 Å². The topological polar surface area (TPSA) is 30.5 Å². The molecule has 0 radical (unpaired) electrons. The lowest BCUT2D eigenvalue weighted by Crippen LogP contribution is -2.06. The van der Waals surface area contributed by atoms with Crippen molar-refractivity contribution in [3.8, 4) is 11.5 Å². The molecule has 1 aromatic carbocycles. The minimum atomic E-state index is 0.272. The summed E-state index contributed by atoms with van der Waals surface area (Å²) in [5.41, 5.74) is 2.32. The van der Waals surface area contributed by atoms with Crippen molar-refractivity contribution in [2.75, 3.05) is 19.0 Å². The molecule has 0 aliphatic carbocycles. The summed E-state index contributed by atoms with van der Waals surface area (Å²) in [6.07, 6.45) is 0. The zero-order chi connectivity index (χ0) is 13.7. The van der Waals surface area contributed by atoms with E-state index < -0.39 is 0 Å². The fraction of sp³-hybridized carbons (Fsp3) is 0.333. The van der Waals surface area contributed by atoms with Crippen molar-refractivity contribution >= 4 is 17.0 Å². The number of thiophene rings is 1. The first kappa shape index (κ1) is 13.7. The number of rotatable bonds is 6. The second-order valence-electron chi connectivity index (χ2n) is 4.22. The number of ether oxygens (including phenoxy) is 2. The molecule has 0 aliphatic rings. The summed E-state index contributed by atoms with van der Waals surface area (Å²) in [5, 5.41) is 7.71. The van der Waals surface area contributed by atoms with E-state index in [2.05, 4.69) is 29.1 Å². The minimum absolute atomic E-state index is 0.272. The first-order chi connectivity index (χ1) is 9.24. The van der Waals surface area contributed by atoms with Crippen LogP contribution >= 0.6 is 11.3 Å². The molecule has 0 spiro atoms. The van der Waals surface area contributed by atoms with Gasteiger partial charge in [0.2, 0.25) is 0 Å². The van der Waals surface area contributed by atoms with Crippen molar-refractivity contribution < 1.29 is 9.47 Å². The first-order valence-corrected chi connectivity index (χ1v) is 7.28. The molecule has 0 fully saturated rings. The van der Waals surface area contributed by atoms with Crippen LogP contribution in [0.5, 0.6) is 11.5 Å². The van der Waals surface area contributed by atoms with Crippen LogP contribution in [0.3, 0.4) is 0 Å². The zero-order valence-corrected chi connectivity index (χ0v) is 12.3. The summed E-state index contributed by atoms with van der Waals surface area (Å²) in [6, 6.07) is 8.32. The molecule has 1 N–H and O–H groups in total. The highest BCUT2D eigenvalue weighted by Crippen LogP contribution is 2.31. The number of hydrogen-bond donors (Lipinski definition) is 1. The van der Waals surface area contributed by atoms with Crippen LogP contribution in [0.2, 0.25) is 0 Å². The Morgan fingerprint density at radius 3 is 2.74 bits per heavy atom. The van der Waals surface area contributed by atoms with E-state index in [1.54, 1.807) is 18.4 Å². The van der Waals surface area contributed by atoms with Gasteiger partial charge in [-0.05, 0) is 48.4 Å². The van der Waals surface area contributed by atoms with E-state index in [4.69, 9.17) is 9.47 Å². The van der Waals surface area contributed by atoms with E-state index in [0.29, 0.717) is 6.61 Å². The summed E-state index contributed by atoms with van der Waals surface area (Å²) < 4.78 is 10.9. The van der Waals surface area contributed by atoms with Crippen LogP contribution in [0.1, 0.15) is 25.5 Å². The summed E-state index contributed by atoms with van der Waals surface area (Å²) >= 11 is 1.71. The van der Waals surface area contributed by atoms with Gasteiger partial charge in [-0.1, -0.05) is 0 Å². The largest absolute Gasteiger partial charge is 0.493 e. The molecule has 2 aromatic rings. The standard InChI is InChI=1S/C15H19NO2S/c1-4-18-14-6-5-13(9-15(14)17-3)16-11(2)12-7-8-19-10-12/h5-11,16H,4H2,1-3H3. The van der Waals surface area contributed by atoms with Crippen molar-refractivity contribution in [2.24, 2.45) is 0 Å². The van der Waals surface area contributed by atoms with Gasteiger partial charge in [0, 0.05) is 17.8 Å². The van der Waals surface area contributed by atoms with Gasteiger partial charge in [-0.3, -0.25) is 0 Å². The van der Waals surface area contributed by atoms with Gasteiger partial charge in [0.25, 0.3) is 0 Å². The Morgan fingerprint density at radius 2 is 2.11 bits per heavy atom. The molecule has 4 heteroatoms. The van der Waals surface area contributed by atoms with E-state index in [9.17, 15) is 0 Å². The molecule has 102 valence electrons. The average molecular weight is 277 g/mol. The van der Waals surface area contributed by atoms with Crippen LogP contribution in [-0.4, -0.2) is 13.7 Å². The van der Waals surface area contributed by atoms with Crippen LogP contribution in [0.15, 0.2) is 35.0 Å². The lowest BCUT2D eigenvalue weighted by atomic mass is 10.1. The summed E-state index contributed by atoms with van der Waals surface area (Å²) in [6.45, 7) is 4.74.